The molecule has 0 bridgehead atoms. The normalized spacial score (nSPS) is 13.3. The number of rotatable bonds is 7. The Balaban J connectivity index is 3.32. The maximum Gasteiger partial charge on any atom is 0.169 e. The van der Waals surface area contributed by atoms with E-state index in [1.165, 1.54) is 18.7 Å². The van der Waals surface area contributed by atoms with Crippen LogP contribution in [0.2, 0.25) is 5.02 Å². The zero-order valence-electron chi connectivity index (χ0n) is 13.4. The van der Waals surface area contributed by atoms with Crippen LogP contribution in [0.1, 0.15) is 34.1 Å². The van der Waals surface area contributed by atoms with Crippen LogP contribution in [-0.2, 0) is 4.79 Å². The van der Waals surface area contributed by atoms with Gasteiger partial charge < -0.3 is 10.5 Å². The Kier molecular flexibility index (Phi) is 7.04. The number of Topliss-reactive ketones (excluding diaryl/α,β-unsaturated/α-hetero) is 1. The Labute approximate surface area is 141 Å². The standard InChI is InChI=1S/C17H22ClNO2S/c1-6-11(4)16(17(12(5)20)22-10(2)3)21-15-8-7-13(19)9-14(15)18/h7-9,11H,2,6,19H2,1,3-5H3/b17-16+. The van der Waals surface area contributed by atoms with E-state index < -0.39 is 0 Å². The largest absolute Gasteiger partial charge is 0.459 e. The average molecular weight is 340 g/mol. The van der Waals surface area contributed by atoms with E-state index in [9.17, 15) is 4.79 Å². The highest BCUT2D eigenvalue weighted by Crippen LogP contribution is 2.35. The molecule has 1 aromatic carbocycles. The summed E-state index contributed by atoms with van der Waals surface area (Å²) in [6, 6.07) is 5.06. The third kappa shape index (κ3) is 5.11. The molecule has 1 unspecified atom stereocenters. The molecule has 0 amide bonds. The second kappa shape index (κ2) is 8.30. The number of nitrogen functional groups attached to an aromatic ring is 1. The second-order valence-corrected chi connectivity index (χ2v) is 6.87. The lowest BCUT2D eigenvalue weighted by Crippen LogP contribution is -2.12. The van der Waals surface area contributed by atoms with Crippen LogP contribution in [0.5, 0.6) is 5.75 Å². The van der Waals surface area contributed by atoms with Crippen molar-refractivity contribution in [1.82, 2.24) is 0 Å². The maximum atomic E-state index is 12.0. The number of carbonyl (C=O) groups excluding carboxylic acids is 1. The Morgan fingerprint density at radius 1 is 1.45 bits per heavy atom. The molecule has 1 aromatic rings. The van der Waals surface area contributed by atoms with Crippen LogP contribution in [0.15, 0.2) is 40.3 Å². The number of anilines is 1. The third-order valence-electron chi connectivity index (χ3n) is 3.06. The topological polar surface area (TPSA) is 52.3 Å². The zero-order chi connectivity index (χ0) is 16.9. The van der Waals surface area contributed by atoms with E-state index in [1.807, 2.05) is 20.8 Å². The molecule has 0 radical (unpaired) electrons. The van der Waals surface area contributed by atoms with Crippen LogP contribution in [0.3, 0.4) is 0 Å². The molecule has 5 heteroatoms. The van der Waals surface area contributed by atoms with Crippen LogP contribution in [0.4, 0.5) is 5.69 Å². The molecule has 0 aromatic heterocycles. The summed E-state index contributed by atoms with van der Waals surface area (Å²) in [5.74, 6) is 1.15. The van der Waals surface area contributed by atoms with Crippen LogP contribution in [0, 0.1) is 5.92 Å². The van der Waals surface area contributed by atoms with Gasteiger partial charge in [0.15, 0.2) is 5.78 Å². The first-order valence-electron chi connectivity index (χ1n) is 7.07. The lowest BCUT2D eigenvalue weighted by molar-refractivity contribution is -0.113. The highest BCUT2D eigenvalue weighted by molar-refractivity contribution is 8.07. The number of allylic oxidation sites excluding steroid dienone is 3. The number of ether oxygens (including phenoxy) is 1. The molecule has 0 heterocycles. The predicted octanol–water partition coefficient (Wildman–Crippen LogP) is 5.41. The Morgan fingerprint density at radius 3 is 2.55 bits per heavy atom. The van der Waals surface area contributed by atoms with Gasteiger partial charge in [-0.3, -0.25) is 4.79 Å². The number of carbonyl (C=O) groups is 1. The minimum atomic E-state index is -0.0464. The number of thioether (sulfide) groups is 1. The summed E-state index contributed by atoms with van der Waals surface area (Å²) in [4.78, 5) is 13.4. The van der Waals surface area contributed by atoms with Crippen molar-refractivity contribution < 1.29 is 9.53 Å². The number of ketones is 1. The molecule has 0 fully saturated rings. The average Bonchev–Trinajstić information content (AvgIpc) is 2.43. The van der Waals surface area contributed by atoms with E-state index >= 15 is 0 Å². The smallest absolute Gasteiger partial charge is 0.169 e. The van der Waals surface area contributed by atoms with Gasteiger partial charge in [-0.05, 0) is 43.4 Å². The highest BCUT2D eigenvalue weighted by Gasteiger charge is 2.21. The summed E-state index contributed by atoms with van der Waals surface area (Å²) in [5.41, 5.74) is 6.26. The molecule has 0 saturated heterocycles. The first kappa shape index (κ1) is 18.7. The summed E-state index contributed by atoms with van der Waals surface area (Å²) >= 11 is 7.51. The van der Waals surface area contributed by atoms with Crippen molar-refractivity contribution in [2.45, 2.75) is 34.1 Å². The summed E-state index contributed by atoms with van der Waals surface area (Å²) in [6.07, 6.45) is 0.843. The highest BCUT2D eigenvalue weighted by atomic mass is 35.5. The molecule has 3 nitrogen and oxygen atoms in total. The minimum absolute atomic E-state index is 0.0464. The second-order valence-electron chi connectivity index (χ2n) is 5.15. The van der Waals surface area contributed by atoms with E-state index in [0.717, 1.165) is 11.3 Å². The third-order valence-corrected chi connectivity index (χ3v) is 4.39. The molecule has 2 N–H and O–H groups in total. The van der Waals surface area contributed by atoms with Crippen molar-refractivity contribution in [1.29, 1.82) is 0 Å². The van der Waals surface area contributed by atoms with Crippen LogP contribution in [0.25, 0.3) is 0 Å². The van der Waals surface area contributed by atoms with Crippen LogP contribution < -0.4 is 10.5 Å². The van der Waals surface area contributed by atoms with Gasteiger partial charge >= 0.3 is 0 Å². The summed E-state index contributed by atoms with van der Waals surface area (Å²) in [5, 5.41) is 0.420. The SMILES string of the molecule is C=C(C)S/C(C(C)=O)=C(/Oc1ccc(N)cc1Cl)C(C)CC. The molecule has 22 heavy (non-hydrogen) atoms. The van der Waals surface area contributed by atoms with E-state index in [1.54, 1.807) is 18.2 Å². The summed E-state index contributed by atoms with van der Waals surface area (Å²) < 4.78 is 5.99. The van der Waals surface area contributed by atoms with Gasteiger partial charge in [0, 0.05) is 11.6 Å². The lowest BCUT2D eigenvalue weighted by atomic mass is 10.1. The molecular weight excluding hydrogens is 318 g/mol. The van der Waals surface area contributed by atoms with Crippen molar-refractivity contribution in [3.05, 3.63) is 45.4 Å². The van der Waals surface area contributed by atoms with E-state index in [-0.39, 0.29) is 11.7 Å². The van der Waals surface area contributed by atoms with Crippen LogP contribution in [-0.4, -0.2) is 5.78 Å². The van der Waals surface area contributed by atoms with E-state index in [2.05, 4.69) is 6.58 Å². The van der Waals surface area contributed by atoms with E-state index in [0.29, 0.717) is 27.1 Å². The molecule has 120 valence electrons. The maximum absolute atomic E-state index is 12.0. The number of hydrogen-bond donors (Lipinski definition) is 1. The van der Waals surface area contributed by atoms with Crippen molar-refractivity contribution >= 4 is 34.8 Å². The first-order valence-corrected chi connectivity index (χ1v) is 8.27. The van der Waals surface area contributed by atoms with Crippen molar-refractivity contribution in [3.8, 4) is 5.75 Å². The summed E-state index contributed by atoms with van der Waals surface area (Å²) in [6.45, 7) is 11.3. The van der Waals surface area contributed by atoms with Gasteiger partial charge in [0.25, 0.3) is 0 Å². The molecule has 1 rings (SSSR count). The molecule has 1 atom stereocenters. The Bertz CT molecular complexity index is 611. The number of hydrogen-bond acceptors (Lipinski definition) is 4. The van der Waals surface area contributed by atoms with Crippen molar-refractivity contribution in [2.24, 2.45) is 5.92 Å². The lowest BCUT2D eigenvalue weighted by Gasteiger charge is -2.20. The minimum Gasteiger partial charge on any atom is -0.459 e. The van der Waals surface area contributed by atoms with Gasteiger partial charge in [-0.15, -0.1) is 0 Å². The Hall–Kier alpha value is -1.39. The van der Waals surface area contributed by atoms with Gasteiger partial charge in [-0.2, -0.15) is 0 Å². The zero-order valence-corrected chi connectivity index (χ0v) is 15.0. The first-order chi connectivity index (χ1) is 10.3. The van der Waals surface area contributed by atoms with Crippen LogP contribution >= 0.6 is 23.4 Å². The number of halogens is 1. The van der Waals surface area contributed by atoms with Gasteiger partial charge in [0.05, 0.1) is 9.93 Å². The van der Waals surface area contributed by atoms with Gasteiger partial charge in [-0.25, -0.2) is 0 Å². The van der Waals surface area contributed by atoms with Crippen molar-refractivity contribution in [3.63, 3.8) is 0 Å². The van der Waals surface area contributed by atoms with E-state index in [4.69, 9.17) is 22.1 Å². The fourth-order valence-corrected chi connectivity index (χ4v) is 2.81. The molecule has 0 spiro atoms. The molecule has 0 saturated carbocycles. The van der Waals surface area contributed by atoms with Gasteiger partial charge in [0.2, 0.25) is 0 Å². The monoisotopic (exact) mass is 339 g/mol. The number of nitrogens with two attached hydrogens (primary N) is 1. The predicted molar refractivity (Wildman–Crippen MR) is 96.1 cm³/mol. The molecule has 0 aliphatic rings. The fourth-order valence-electron chi connectivity index (χ4n) is 1.74. The quantitative estimate of drug-likeness (QED) is 0.409. The Morgan fingerprint density at radius 2 is 2.09 bits per heavy atom. The molecule has 0 aliphatic carbocycles. The molecule has 0 aliphatic heterocycles. The molecular formula is C17H22ClNO2S. The summed E-state index contributed by atoms with van der Waals surface area (Å²) in [7, 11) is 0. The fraction of sp³-hybridized carbons (Fsp3) is 0.353. The van der Waals surface area contributed by atoms with Crippen molar-refractivity contribution in [2.75, 3.05) is 5.73 Å². The van der Waals surface area contributed by atoms with Gasteiger partial charge in [-0.1, -0.05) is 43.8 Å². The number of benzene rings is 1. The van der Waals surface area contributed by atoms with Gasteiger partial charge in [0.1, 0.15) is 11.5 Å².